The van der Waals surface area contributed by atoms with Crippen molar-refractivity contribution in [2.24, 2.45) is 13.0 Å². The van der Waals surface area contributed by atoms with Gasteiger partial charge in [0.1, 0.15) is 12.2 Å². The third kappa shape index (κ3) is 3.04. The Balaban J connectivity index is 1.48. The van der Waals surface area contributed by atoms with E-state index in [0.29, 0.717) is 6.04 Å². The molecule has 1 aliphatic heterocycles. The Hall–Kier alpha value is -0.940. The van der Waals surface area contributed by atoms with Gasteiger partial charge in [-0.2, -0.15) is 0 Å². The predicted octanol–water partition coefficient (Wildman–Crippen LogP) is 1.56. The van der Waals surface area contributed by atoms with E-state index in [-0.39, 0.29) is 0 Å². The van der Waals surface area contributed by atoms with Crippen LogP contribution in [0, 0.1) is 5.92 Å². The van der Waals surface area contributed by atoms with Gasteiger partial charge in [0.2, 0.25) is 0 Å². The summed E-state index contributed by atoms with van der Waals surface area (Å²) in [5.41, 5.74) is 0. The summed E-state index contributed by atoms with van der Waals surface area (Å²) in [6, 6.07) is 1.44. The zero-order valence-corrected chi connectivity index (χ0v) is 12.8. The molecule has 1 aromatic heterocycles. The molecule has 3 rings (SSSR count). The van der Waals surface area contributed by atoms with Gasteiger partial charge in [0.15, 0.2) is 0 Å². The number of nitrogens with one attached hydrogen (secondary N) is 1. The van der Waals surface area contributed by atoms with Crippen molar-refractivity contribution >= 4 is 0 Å². The molecule has 0 spiro atoms. The fourth-order valence-corrected chi connectivity index (χ4v) is 3.42. The minimum Gasteiger partial charge on any atom is -0.320 e. The van der Waals surface area contributed by atoms with Gasteiger partial charge in [0.25, 0.3) is 0 Å². The SMILES string of the molecule is C[C@@H](NCc1nncn1C)[C@H]1CCCN(C2CCC2)C1. The second kappa shape index (κ2) is 6.22. The summed E-state index contributed by atoms with van der Waals surface area (Å²) in [5.74, 6) is 1.79. The van der Waals surface area contributed by atoms with E-state index in [9.17, 15) is 0 Å². The fourth-order valence-electron chi connectivity index (χ4n) is 3.42. The number of hydrogen-bond acceptors (Lipinski definition) is 4. The maximum absolute atomic E-state index is 4.14. The second-order valence-electron chi connectivity index (χ2n) is 6.51. The van der Waals surface area contributed by atoms with Gasteiger partial charge in [0, 0.05) is 25.7 Å². The minimum atomic E-state index is 0.551. The van der Waals surface area contributed by atoms with E-state index in [1.54, 1.807) is 6.33 Å². The molecular weight excluding hydrogens is 250 g/mol. The Labute approximate surface area is 121 Å². The largest absolute Gasteiger partial charge is 0.320 e. The first-order chi connectivity index (χ1) is 9.74. The molecular formula is C15H27N5. The van der Waals surface area contributed by atoms with Crippen LogP contribution in [0.2, 0.25) is 0 Å². The molecule has 1 saturated heterocycles. The molecule has 112 valence electrons. The van der Waals surface area contributed by atoms with Crippen LogP contribution in [0.4, 0.5) is 0 Å². The van der Waals surface area contributed by atoms with Crippen molar-refractivity contribution in [3.8, 4) is 0 Å². The average molecular weight is 277 g/mol. The summed E-state index contributed by atoms with van der Waals surface area (Å²) >= 11 is 0. The normalized spacial score (nSPS) is 26.4. The van der Waals surface area contributed by atoms with Crippen LogP contribution in [0.1, 0.15) is 44.9 Å². The summed E-state index contributed by atoms with van der Waals surface area (Å²) in [6.07, 6.45) is 8.76. The van der Waals surface area contributed by atoms with Crippen LogP contribution < -0.4 is 5.32 Å². The van der Waals surface area contributed by atoms with Crippen LogP contribution in [-0.2, 0) is 13.6 Å². The van der Waals surface area contributed by atoms with E-state index in [4.69, 9.17) is 0 Å². The Morgan fingerprint density at radius 3 is 2.85 bits per heavy atom. The Morgan fingerprint density at radius 2 is 2.20 bits per heavy atom. The third-order valence-corrected chi connectivity index (χ3v) is 5.17. The monoisotopic (exact) mass is 277 g/mol. The van der Waals surface area contributed by atoms with Gasteiger partial charge >= 0.3 is 0 Å². The zero-order chi connectivity index (χ0) is 13.9. The molecule has 2 atom stereocenters. The summed E-state index contributed by atoms with van der Waals surface area (Å²) in [4.78, 5) is 2.73. The lowest BCUT2D eigenvalue weighted by molar-refractivity contribution is 0.0664. The smallest absolute Gasteiger partial charge is 0.146 e. The van der Waals surface area contributed by atoms with E-state index in [1.807, 2.05) is 11.6 Å². The van der Waals surface area contributed by atoms with E-state index >= 15 is 0 Å². The van der Waals surface area contributed by atoms with Crippen molar-refractivity contribution in [1.82, 2.24) is 25.0 Å². The molecule has 2 heterocycles. The molecule has 2 fully saturated rings. The topological polar surface area (TPSA) is 46.0 Å². The third-order valence-electron chi connectivity index (χ3n) is 5.17. The predicted molar refractivity (Wildman–Crippen MR) is 79.2 cm³/mol. The Bertz CT molecular complexity index is 426. The first kappa shape index (κ1) is 14.0. The highest BCUT2D eigenvalue weighted by molar-refractivity contribution is 4.89. The molecule has 0 bridgehead atoms. The van der Waals surface area contributed by atoms with Crippen molar-refractivity contribution in [1.29, 1.82) is 0 Å². The number of piperidine rings is 1. The van der Waals surface area contributed by atoms with Gasteiger partial charge < -0.3 is 14.8 Å². The lowest BCUT2D eigenvalue weighted by Gasteiger charge is -2.44. The zero-order valence-electron chi connectivity index (χ0n) is 12.8. The molecule has 0 amide bonds. The minimum absolute atomic E-state index is 0.551. The van der Waals surface area contributed by atoms with Crippen LogP contribution in [0.5, 0.6) is 0 Å². The van der Waals surface area contributed by atoms with Gasteiger partial charge in [-0.25, -0.2) is 0 Å². The first-order valence-corrected chi connectivity index (χ1v) is 8.04. The number of aromatic nitrogens is 3. The molecule has 20 heavy (non-hydrogen) atoms. The number of hydrogen-bond donors (Lipinski definition) is 1. The number of likely N-dealkylation sites (tertiary alicyclic amines) is 1. The molecule has 1 N–H and O–H groups in total. The molecule has 0 radical (unpaired) electrons. The van der Waals surface area contributed by atoms with Crippen molar-refractivity contribution < 1.29 is 0 Å². The fraction of sp³-hybridized carbons (Fsp3) is 0.867. The van der Waals surface area contributed by atoms with E-state index in [1.165, 1.54) is 45.2 Å². The number of aryl methyl sites for hydroxylation is 1. The first-order valence-electron chi connectivity index (χ1n) is 8.04. The molecule has 1 saturated carbocycles. The van der Waals surface area contributed by atoms with Crippen molar-refractivity contribution in [2.45, 2.75) is 57.7 Å². The van der Waals surface area contributed by atoms with E-state index < -0.39 is 0 Å². The van der Waals surface area contributed by atoms with Crippen LogP contribution in [0.3, 0.4) is 0 Å². The average Bonchev–Trinajstić information content (AvgIpc) is 2.80. The highest BCUT2D eigenvalue weighted by Crippen LogP contribution is 2.30. The van der Waals surface area contributed by atoms with Gasteiger partial charge in [-0.05, 0) is 45.1 Å². The second-order valence-corrected chi connectivity index (χ2v) is 6.51. The molecule has 1 aliphatic carbocycles. The van der Waals surface area contributed by atoms with Crippen LogP contribution in [0.25, 0.3) is 0 Å². The molecule has 1 aromatic rings. The lowest BCUT2D eigenvalue weighted by Crippen LogP contribution is -2.50. The van der Waals surface area contributed by atoms with Crippen molar-refractivity contribution in [3.05, 3.63) is 12.2 Å². The summed E-state index contributed by atoms with van der Waals surface area (Å²) in [5, 5.41) is 11.7. The molecule has 5 heteroatoms. The van der Waals surface area contributed by atoms with Gasteiger partial charge in [-0.15, -0.1) is 10.2 Å². The summed E-state index contributed by atoms with van der Waals surface area (Å²) in [6.45, 7) is 5.73. The molecule has 0 unspecified atom stereocenters. The molecule has 0 aromatic carbocycles. The molecule has 2 aliphatic rings. The van der Waals surface area contributed by atoms with E-state index in [2.05, 4.69) is 27.3 Å². The lowest BCUT2D eigenvalue weighted by atomic mass is 9.85. The number of nitrogens with zero attached hydrogens (tertiary/aromatic N) is 4. The van der Waals surface area contributed by atoms with Crippen molar-refractivity contribution in [2.75, 3.05) is 13.1 Å². The number of rotatable bonds is 5. The van der Waals surface area contributed by atoms with Crippen molar-refractivity contribution in [3.63, 3.8) is 0 Å². The standard InChI is InChI=1S/C15H27N5/c1-12(16-9-15-18-17-11-19(15)2)13-5-4-8-20(10-13)14-6-3-7-14/h11-14,16H,3-10H2,1-2H3/t12-,13+/m1/s1. The summed E-state index contributed by atoms with van der Waals surface area (Å²) in [7, 11) is 2.00. The van der Waals surface area contributed by atoms with Crippen LogP contribution >= 0.6 is 0 Å². The van der Waals surface area contributed by atoms with Gasteiger partial charge in [0.05, 0.1) is 6.54 Å². The Kier molecular flexibility index (Phi) is 4.36. The van der Waals surface area contributed by atoms with E-state index in [0.717, 1.165) is 24.3 Å². The summed E-state index contributed by atoms with van der Waals surface area (Å²) < 4.78 is 1.99. The van der Waals surface area contributed by atoms with Gasteiger partial charge in [-0.1, -0.05) is 6.42 Å². The highest BCUT2D eigenvalue weighted by Gasteiger charge is 2.31. The molecule has 5 nitrogen and oxygen atoms in total. The maximum atomic E-state index is 4.14. The quantitative estimate of drug-likeness (QED) is 0.887. The van der Waals surface area contributed by atoms with Crippen LogP contribution in [0.15, 0.2) is 6.33 Å². The van der Waals surface area contributed by atoms with Gasteiger partial charge in [-0.3, -0.25) is 0 Å². The Morgan fingerprint density at radius 1 is 1.35 bits per heavy atom. The highest BCUT2D eigenvalue weighted by atomic mass is 15.3. The maximum Gasteiger partial charge on any atom is 0.146 e. The van der Waals surface area contributed by atoms with Crippen LogP contribution in [-0.4, -0.2) is 44.8 Å².